The Balaban J connectivity index is 2.02. The third-order valence-electron chi connectivity index (χ3n) is 4.36. The second-order valence-electron chi connectivity index (χ2n) is 5.96. The Kier molecular flexibility index (Phi) is 4.75. The van der Waals surface area contributed by atoms with E-state index in [4.69, 9.17) is 0 Å². The molecule has 7 nitrogen and oxygen atoms in total. The highest BCUT2D eigenvalue weighted by atomic mass is 32.2. The van der Waals surface area contributed by atoms with Crippen LogP contribution in [0.3, 0.4) is 0 Å². The third-order valence-corrected chi connectivity index (χ3v) is 7.99. The van der Waals surface area contributed by atoms with Gasteiger partial charge in [0.05, 0.1) is 5.56 Å². The SMILES string of the molecule is CN1CCCN(S(=O)(=O)c2sc3c(c2C(=O)O)CCNC3)CC1. The molecule has 1 saturated heterocycles. The molecule has 0 saturated carbocycles. The van der Waals surface area contributed by atoms with Crippen molar-refractivity contribution in [1.82, 2.24) is 14.5 Å². The van der Waals surface area contributed by atoms with Gasteiger partial charge in [0.25, 0.3) is 10.0 Å². The average Bonchev–Trinajstić information content (AvgIpc) is 2.77. The summed E-state index contributed by atoms with van der Waals surface area (Å²) >= 11 is 1.11. The highest BCUT2D eigenvalue weighted by Gasteiger charge is 2.35. The Labute approximate surface area is 139 Å². The Morgan fingerprint density at radius 1 is 1.26 bits per heavy atom. The van der Waals surface area contributed by atoms with Crippen LogP contribution < -0.4 is 5.32 Å². The molecule has 1 fully saturated rings. The largest absolute Gasteiger partial charge is 0.478 e. The fraction of sp³-hybridized carbons (Fsp3) is 0.643. The summed E-state index contributed by atoms with van der Waals surface area (Å²) in [6, 6.07) is 0. The van der Waals surface area contributed by atoms with Gasteiger partial charge in [-0.25, -0.2) is 13.2 Å². The number of aromatic carboxylic acids is 1. The van der Waals surface area contributed by atoms with Crippen LogP contribution in [0.4, 0.5) is 0 Å². The molecule has 128 valence electrons. The van der Waals surface area contributed by atoms with E-state index in [1.165, 1.54) is 4.31 Å². The van der Waals surface area contributed by atoms with Gasteiger partial charge in [0.15, 0.2) is 0 Å². The van der Waals surface area contributed by atoms with Crippen LogP contribution in [-0.2, 0) is 23.0 Å². The standard InChI is InChI=1S/C14H21N3O4S2/c1-16-5-2-6-17(8-7-16)23(20,21)14-12(13(18)19)10-3-4-15-9-11(10)22-14/h15H,2-9H2,1H3,(H,18,19). The number of sulfonamides is 1. The van der Waals surface area contributed by atoms with Gasteiger partial charge in [-0.3, -0.25) is 0 Å². The number of thiophene rings is 1. The second-order valence-corrected chi connectivity index (χ2v) is 9.20. The first kappa shape index (κ1) is 16.8. The maximum Gasteiger partial charge on any atom is 0.338 e. The Hall–Kier alpha value is -1.00. The van der Waals surface area contributed by atoms with E-state index < -0.39 is 16.0 Å². The van der Waals surface area contributed by atoms with Crippen molar-refractivity contribution in [2.75, 3.05) is 39.8 Å². The Bertz CT molecular complexity index is 714. The number of carbonyl (C=O) groups is 1. The molecule has 1 aromatic heterocycles. The average molecular weight is 359 g/mol. The van der Waals surface area contributed by atoms with E-state index in [0.29, 0.717) is 44.7 Å². The van der Waals surface area contributed by atoms with Gasteiger partial charge in [-0.05, 0) is 38.5 Å². The minimum Gasteiger partial charge on any atom is -0.478 e. The lowest BCUT2D eigenvalue weighted by atomic mass is 10.1. The maximum atomic E-state index is 13.0. The van der Waals surface area contributed by atoms with Gasteiger partial charge >= 0.3 is 5.97 Å². The molecule has 0 bridgehead atoms. The predicted molar refractivity (Wildman–Crippen MR) is 87.6 cm³/mol. The van der Waals surface area contributed by atoms with Gasteiger partial charge in [-0.15, -0.1) is 11.3 Å². The number of nitrogens with one attached hydrogen (secondary N) is 1. The fourth-order valence-corrected chi connectivity index (χ4v) is 6.56. The van der Waals surface area contributed by atoms with Crippen molar-refractivity contribution in [3.05, 3.63) is 16.0 Å². The van der Waals surface area contributed by atoms with E-state index in [2.05, 4.69) is 10.2 Å². The van der Waals surface area contributed by atoms with E-state index in [0.717, 1.165) is 29.2 Å². The number of hydrogen-bond acceptors (Lipinski definition) is 6. The number of rotatable bonds is 3. The molecule has 1 aromatic rings. The van der Waals surface area contributed by atoms with Gasteiger partial charge in [-0.1, -0.05) is 0 Å². The number of carboxylic acid groups (broad SMARTS) is 1. The summed E-state index contributed by atoms with van der Waals surface area (Å²) < 4.78 is 27.5. The van der Waals surface area contributed by atoms with Crippen LogP contribution in [0.15, 0.2) is 4.21 Å². The lowest BCUT2D eigenvalue weighted by Gasteiger charge is -2.19. The summed E-state index contributed by atoms with van der Waals surface area (Å²) in [5.41, 5.74) is 0.677. The van der Waals surface area contributed by atoms with Gasteiger partial charge in [0, 0.05) is 31.1 Å². The fourth-order valence-electron chi connectivity index (χ4n) is 3.09. The molecule has 23 heavy (non-hydrogen) atoms. The van der Waals surface area contributed by atoms with E-state index in [9.17, 15) is 18.3 Å². The van der Waals surface area contributed by atoms with Crippen LogP contribution >= 0.6 is 11.3 Å². The normalized spacial score (nSPS) is 20.9. The van der Waals surface area contributed by atoms with Crippen molar-refractivity contribution in [3.63, 3.8) is 0 Å². The van der Waals surface area contributed by atoms with Crippen molar-refractivity contribution in [3.8, 4) is 0 Å². The van der Waals surface area contributed by atoms with Crippen molar-refractivity contribution in [1.29, 1.82) is 0 Å². The number of hydrogen-bond donors (Lipinski definition) is 2. The lowest BCUT2D eigenvalue weighted by Crippen LogP contribution is -2.34. The van der Waals surface area contributed by atoms with Crippen LogP contribution in [0, 0.1) is 0 Å². The molecule has 3 rings (SSSR count). The topological polar surface area (TPSA) is 90.0 Å². The third kappa shape index (κ3) is 3.16. The van der Waals surface area contributed by atoms with E-state index >= 15 is 0 Å². The molecule has 2 N–H and O–H groups in total. The molecule has 0 aromatic carbocycles. The molecule has 3 heterocycles. The van der Waals surface area contributed by atoms with E-state index in [-0.39, 0.29) is 9.77 Å². The quantitative estimate of drug-likeness (QED) is 0.813. The summed E-state index contributed by atoms with van der Waals surface area (Å²) in [7, 11) is -1.80. The Morgan fingerprint density at radius 2 is 2.04 bits per heavy atom. The summed E-state index contributed by atoms with van der Waals surface area (Å²) in [5, 5.41) is 12.7. The van der Waals surface area contributed by atoms with Gasteiger partial charge < -0.3 is 15.3 Å². The first-order valence-electron chi connectivity index (χ1n) is 7.68. The number of likely N-dealkylation sites (N-methyl/N-ethyl adjacent to an activating group) is 1. The zero-order valence-electron chi connectivity index (χ0n) is 13.0. The molecule has 0 spiro atoms. The molecule has 0 aliphatic carbocycles. The smallest absolute Gasteiger partial charge is 0.338 e. The van der Waals surface area contributed by atoms with Crippen molar-refractivity contribution in [2.45, 2.75) is 23.6 Å². The summed E-state index contributed by atoms with van der Waals surface area (Å²) in [5.74, 6) is -1.14. The van der Waals surface area contributed by atoms with Gasteiger partial charge in [0.1, 0.15) is 4.21 Å². The summed E-state index contributed by atoms with van der Waals surface area (Å²) in [4.78, 5) is 14.6. The molecular formula is C14H21N3O4S2. The van der Waals surface area contributed by atoms with E-state index in [1.807, 2.05) is 7.05 Å². The molecule has 9 heteroatoms. The minimum atomic E-state index is -3.76. The predicted octanol–water partition coefficient (Wildman–Crippen LogP) is 0.418. The van der Waals surface area contributed by atoms with Crippen LogP contribution in [0.1, 0.15) is 27.2 Å². The van der Waals surface area contributed by atoms with Gasteiger partial charge in [0.2, 0.25) is 0 Å². The van der Waals surface area contributed by atoms with Crippen molar-refractivity contribution >= 4 is 27.3 Å². The zero-order chi connectivity index (χ0) is 16.6. The lowest BCUT2D eigenvalue weighted by molar-refractivity contribution is 0.0692. The minimum absolute atomic E-state index is 0.00301. The highest BCUT2D eigenvalue weighted by molar-refractivity contribution is 7.91. The first-order chi connectivity index (χ1) is 10.9. The number of carboxylic acids is 1. The molecule has 0 unspecified atom stereocenters. The molecule has 0 amide bonds. The summed E-state index contributed by atoms with van der Waals surface area (Å²) in [6.45, 7) is 3.57. The Morgan fingerprint density at radius 3 is 2.78 bits per heavy atom. The maximum absolute atomic E-state index is 13.0. The zero-order valence-corrected chi connectivity index (χ0v) is 14.7. The molecular weight excluding hydrogens is 338 g/mol. The van der Waals surface area contributed by atoms with Crippen LogP contribution in [-0.4, -0.2) is 68.5 Å². The summed E-state index contributed by atoms with van der Waals surface area (Å²) in [6.07, 6.45) is 1.32. The van der Waals surface area contributed by atoms with Crippen molar-refractivity contribution < 1.29 is 18.3 Å². The number of fused-ring (bicyclic) bond motifs is 1. The second kappa shape index (κ2) is 6.48. The first-order valence-corrected chi connectivity index (χ1v) is 9.94. The molecule has 0 atom stereocenters. The van der Waals surface area contributed by atoms with Crippen LogP contribution in [0.2, 0.25) is 0 Å². The van der Waals surface area contributed by atoms with E-state index in [1.54, 1.807) is 0 Å². The monoisotopic (exact) mass is 359 g/mol. The van der Waals surface area contributed by atoms with Gasteiger partial charge in [-0.2, -0.15) is 4.31 Å². The van der Waals surface area contributed by atoms with Crippen molar-refractivity contribution in [2.24, 2.45) is 0 Å². The highest BCUT2D eigenvalue weighted by Crippen LogP contribution is 2.36. The van der Waals surface area contributed by atoms with Crippen LogP contribution in [0.5, 0.6) is 0 Å². The van der Waals surface area contributed by atoms with Crippen LogP contribution in [0.25, 0.3) is 0 Å². The molecule has 2 aliphatic rings. The molecule has 0 radical (unpaired) electrons. The number of nitrogens with zero attached hydrogens (tertiary/aromatic N) is 2. The molecule has 2 aliphatic heterocycles.